The topological polar surface area (TPSA) is 76.6 Å². The van der Waals surface area contributed by atoms with E-state index < -0.39 is 6.04 Å². The zero-order valence-corrected chi connectivity index (χ0v) is 13.1. The average Bonchev–Trinajstić information content (AvgIpc) is 2.46. The summed E-state index contributed by atoms with van der Waals surface area (Å²) < 4.78 is 10.7. The lowest BCUT2D eigenvalue weighted by Crippen LogP contribution is -2.55. The quantitative estimate of drug-likeness (QED) is 0.831. The molecule has 7 nitrogen and oxygen atoms in total. The van der Waals surface area contributed by atoms with E-state index in [1.54, 1.807) is 0 Å². The van der Waals surface area contributed by atoms with E-state index in [-0.39, 0.29) is 17.1 Å². The van der Waals surface area contributed by atoms with Crippen molar-refractivity contribution in [1.29, 1.82) is 0 Å². The molecule has 8 heteroatoms. The number of nitrogens with zero attached hydrogens (tertiary/aromatic N) is 3. The summed E-state index contributed by atoms with van der Waals surface area (Å²) in [5.41, 5.74) is 0. The number of ether oxygens (including phenoxy) is 2. The van der Waals surface area contributed by atoms with Crippen LogP contribution in [0.4, 0.5) is 5.82 Å². The summed E-state index contributed by atoms with van der Waals surface area (Å²) in [6, 6.07) is -0.418. The Labute approximate surface area is 128 Å². The van der Waals surface area contributed by atoms with E-state index in [1.165, 1.54) is 13.4 Å². The molecule has 116 valence electrons. The standard InChI is InChI=1S/C13H19ClN4O3/c1-8(2)17-13(19)9-6-21-5-4-18(9)12-10(20-3)11(14)15-7-16-12/h7-9H,4-6H2,1-3H3,(H,17,19). The fourth-order valence-corrected chi connectivity index (χ4v) is 2.38. The minimum absolute atomic E-state index is 0.0529. The molecule has 0 aromatic carbocycles. The van der Waals surface area contributed by atoms with Gasteiger partial charge < -0.3 is 19.7 Å². The van der Waals surface area contributed by atoms with Crippen LogP contribution >= 0.6 is 11.6 Å². The second-order valence-corrected chi connectivity index (χ2v) is 5.33. The van der Waals surface area contributed by atoms with Crippen LogP contribution in [0.1, 0.15) is 13.8 Å². The zero-order chi connectivity index (χ0) is 15.4. The van der Waals surface area contributed by atoms with Crippen LogP contribution in [0.3, 0.4) is 0 Å². The van der Waals surface area contributed by atoms with Crippen LogP contribution in [0, 0.1) is 0 Å². The van der Waals surface area contributed by atoms with Gasteiger partial charge in [0.2, 0.25) is 5.91 Å². The van der Waals surface area contributed by atoms with Crippen molar-refractivity contribution in [3.8, 4) is 5.75 Å². The van der Waals surface area contributed by atoms with Gasteiger partial charge in [0.05, 0.1) is 20.3 Å². The largest absolute Gasteiger partial charge is 0.490 e. The molecule has 1 atom stereocenters. The normalized spacial score (nSPS) is 18.7. The molecule has 1 unspecified atom stereocenters. The molecule has 1 aliphatic rings. The first-order valence-electron chi connectivity index (χ1n) is 6.73. The maximum absolute atomic E-state index is 12.3. The van der Waals surface area contributed by atoms with Crippen molar-refractivity contribution in [3.05, 3.63) is 11.5 Å². The van der Waals surface area contributed by atoms with E-state index in [0.29, 0.717) is 31.3 Å². The molecule has 1 fully saturated rings. The number of methoxy groups -OCH3 is 1. The molecule has 1 aromatic heterocycles. The third-order valence-corrected chi connectivity index (χ3v) is 3.35. The predicted octanol–water partition coefficient (Wildman–Crippen LogP) is 0.868. The Morgan fingerprint density at radius 1 is 1.57 bits per heavy atom. The van der Waals surface area contributed by atoms with Crippen LogP contribution in [-0.2, 0) is 9.53 Å². The highest BCUT2D eigenvalue weighted by Crippen LogP contribution is 2.33. The number of carbonyl (C=O) groups excluding carboxylic acids is 1. The number of hydrogen-bond donors (Lipinski definition) is 1. The molecule has 0 bridgehead atoms. The van der Waals surface area contributed by atoms with Gasteiger partial charge in [-0.05, 0) is 13.8 Å². The summed E-state index contributed by atoms with van der Waals surface area (Å²) in [6.07, 6.45) is 1.35. The minimum Gasteiger partial charge on any atom is -0.490 e. The monoisotopic (exact) mass is 314 g/mol. The van der Waals surface area contributed by atoms with Gasteiger partial charge in [-0.3, -0.25) is 4.79 Å². The van der Waals surface area contributed by atoms with Crippen LogP contribution < -0.4 is 15.0 Å². The first-order valence-corrected chi connectivity index (χ1v) is 7.11. The number of halogens is 1. The number of aromatic nitrogens is 2. The van der Waals surface area contributed by atoms with Gasteiger partial charge in [-0.15, -0.1) is 0 Å². The summed E-state index contributed by atoms with van der Waals surface area (Å²) in [6.45, 7) is 5.15. The highest BCUT2D eigenvalue weighted by atomic mass is 35.5. The maximum Gasteiger partial charge on any atom is 0.245 e. The molecule has 1 aromatic rings. The molecule has 0 radical (unpaired) electrons. The number of carbonyl (C=O) groups is 1. The van der Waals surface area contributed by atoms with Gasteiger partial charge in [-0.25, -0.2) is 9.97 Å². The fraction of sp³-hybridized carbons (Fsp3) is 0.615. The van der Waals surface area contributed by atoms with Crippen molar-refractivity contribution in [2.75, 3.05) is 31.8 Å². The molecule has 1 amide bonds. The lowest BCUT2D eigenvalue weighted by molar-refractivity contribution is -0.125. The molecule has 2 rings (SSSR count). The van der Waals surface area contributed by atoms with Crippen molar-refractivity contribution >= 4 is 23.3 Å². The smallest absolute Gasteiger partial charge is 0.245 e. The Morgan fingerprint density at radius 3 is 3.00 bits per heavy atom. The Hall–Kier alpha value is -1.60. The molecule has 0 saturated carbocycles. The second-order valence-electron chi connectivity index (χ2n) is 4.97. The lowest BCUT2D eigenvalue weighted by Gasteiger charge is -2.36. The van der Waals surface area contributed by atoms with E-state index in [4.69, 9.17) is 21.1 Å². The SMILES string of the molecule is COc1c(Cl)ncnc1N1CCOCC1C(=O)NC(C)C. The van der Waals surface area contributed by atoms with Gasteiger partial charge in [0, 0.05) is 12.6 Å². The summed E-state index contributed by atoms with van der Waals surface area (Å²) >= 11 is 6.03. The number of anilines is 1. The zero-order valence-electron chi connectivity index (χ0n) is 12.3. The second kappa shape index (κ2) is 6.91. The Morgan fingerprint density at radius 2 is 2.33 bits per heavy atom. The number of amides is 1. The molecular weight excluding hydrogens is 296 g/mol. The van der Waals surface area contributed by atoms with Crippen molar-refractivity contribution in [2.24, 2.45) is 0 Å². The molecule has 1 N–H and O–H groups in total. The highest BCUT2D eigenvalue weighted by Gasteiger charge is 2.33. The molecule has 0 spiro atoms. The fourth-order valence-electron chi connectivity index (χ4n) is 2.18. The van der Waals surface area contributed by atoms with Crippen LogP contribution in [-0.4, -0.2) is 54.8 Å². The van der Waals surface area contributed by atoms with E-state index in [9.17, 15) is 4.79 Å². The molecule has 1 saturated heterocycles. The van der Waals surface area contributed by atoms with E-state index in [0.717, 1.165) is 0 Å². The third-order valence-electron chi connectivity index (χ3n) is 3.08. The molecule has 0 aliphatic carbocycles. The van der Waals surface area contributed by atoms with Crippen molar-refractivity contribution in [2.45, 2.75) is 25.9 Å². The van der Waals surface area contributed by atoms with Crippen LogP contribution in [0.5, 0.6) is 5.75 Å². The van der Waals surface area contributed by atoms with Gasteiger partial charge in [0.1, 0.15) is 12.4 Å². The number of morpholine rings is 1. The predicted molar refractivity (Wildman–Crippen MR) is 78.8 cm³/mol. The van der Waals surface area contributed by atoms with Crippen LogP contribution in [0.15, 0.2) is 6.33 Å². The Balaban J connectivity index is 2.31. The lowest BCUT2D eigenvalue weighted by atomic mass is 10.2. The summed E-state index contributed by atoms with van der Waals surface area (Å²) in [5, 5.41) is 3.11. The highest BCUT2D eigenvalue weighted by molar-refractivity contribution is 6.31. The molecule has 1 aliphatic heterocycles. The molecule has 21 heavy (non-hydrogen) atoms. The van der Waals surface area contributed by atoms with Crippen molar-refractivity contribution in [1.82, 2.24) is 15.3 Å². The molecular formula is C13H19ClN4O3. The van der Waals surface area contributed by atoms with Crippen molar-refractivity contribution in [3.63, 3.8) is 0 Å². The first kappa shape index (κ1) is 15.8. The molecule has 2 heterocycles. The van der Waals surface area contributed by atoms with E-state index in [2.05, 4.69) is 15.3 Å². The summed E-state index contributed by atoms with van der Waals surface area (Å²) in [4.78, 5) is 22.3. The Bertz CT molecular complexity index is 512. The summed E-state index contributed by atoms with van der Waals surface area (Å²) in [7, 11) is 1.50. The summed E-state index contributed by atoms with van der Waals surface area (Å²) in [5.74, 6) is 0.759. The number of hydrogen-bond acceptors (Lipinski definition) is 6. The van der Waals surface area contributed by atoms with E-state index >= 15 is 0 Å². The van der Waals surface area contributed by atoms with Gasteiger partial charge in [-0.2, -0.15) is 0 Å². The van der Waals surface area contributed by atoms with Gasteiger partial charge in [0.15, 0.2) is 16.7 Å². The van der Waals surface area contributed by atoms with Gasteiger partial charge in [0.25, 0.3) is 0 Å². The maximum atomic E-state index is 12.3. The first-order chi connectivity index (χ1) is 10.0. The number of rotatable bonds is 4. The Kier molecular flexibility index (Phi) is 5.19. The van der Waals surface area contributed by atoms with Gasteiger partial charge >= 0.3 is 0 Å². The van der Waals surface area contributed by atoms with Crippen LogP contribution in [0.2, 0.25) is 5.15 Å². The number of nitrogens with one attached hydrogen (secondary N) is 1. The van der Waals surface area contributed by atoms with Crippen molar-refractivity contribution < 1.29 is 14.3 Å². The van der Waals surface area contributed by atoms with Crippen LogP contribution in [0.25, 0.3) is 0 Å². The average molecular weight is 315 g/mol. The van der Waals surface area contributed by atoms with E-state index in [1.807, 2.05) is 18.7 Å². The third kappa shape index (κ3) is 3.54. The van der Waals surface area contributed by atoms with Gasteiger partial charge in [-0.1, -0.05) is 11.6 Å². The minimum atomic E-state index is -0.471.